The second kappa shape index (κ2) is 7.17. The Morgan fingerprint density at radius 3 is 2.84 bits per heavy atom. The average molecular weight is 339 g/mol. The van der Waals surface area contributed by atoms with Crippen LogP contribution < -0.4 is 5.32 Å². The Morgan fingerprint density at radius 1 is 1.37 bits per heavy atom. The van der Waals surface area contributed by atoms with Crippen LogP contribution in [-0.2, 0) is 12.8 Å². The molecule has 1 aromatic carbocycles. The molecule has 0 bridgehead atoms. The number of aryl methyl sites for hydroxylation is 1. The Hall–Kier alpha value is -0.710. The van der Waals surface area contributed by atoms with E-state index in [1.54, 1.807) is 11.3 Å². The van der Waals surface area contributed by atoms with E-state index in [4.69, 9.17) is 0 Å². The minimum atomic E-state index is 0.584. The fraction of sp³-hybridized carbons (Fsp3) is 0.400. The maximum Gasteiger partial charge on any atom is 0.0897 e. The average Bonchev–Trinajstić information content (AvgIpc) is 2.75. The summed E-state index contributed by atoms with van der Waals surface area (Å²) in [6.07, 6.45) is 2.12. The number of aromatic nitrogens is 1. The summed E-state index contributed by atoms with van der Waals surface area (Å²) in [6, 6.07) is 8.57. The molecule has 19 heavy (non-hydrogen) atoms. The topological polar surface area (TPSA) is 24.9 Å². The van der Waals surface area contributed by atoms with Crippen LogP contribution in [0.25, 0.3) is 0 Å². The first kappa shape index (κ1) is 14.7. The van der Waals surface area contributed by atoms with Crippen molar-refractivity contribution in [2.45, 2.75) is 19.8 Å². The minimum absolute atomic E-state index is 0.584. The van der Waals surface area contributed by atoms with E-state index in [1.807, 2.05) is 7.05 Å². The molecule has 0 spiro atoms. The van der Waals surface area contributed by atoms with Gasteiger partial charge in [0.15, 0.2) is 0 Å². The summed E-state index contributed by atoms with van der Waals surface area (Å²) in [6.45, 7) is 3.08. The van der Waals surface area contributed by atoms with Crippen LogP contribution in [0.3, 0.4) is 0 Å². The van der Waals surface area contributed by atoms with Gasteiger partial charge in [-0.2, -0.15) is 0 Å². The molecule has 2 nitrogen and oxygen atoms in total. The lowest BCUT2D eigenvalue weighted by atomic mass is 9.95. The first-order valence-electron chi connectivity index (χ1n) is 6.47. The van der Waals surface area contributed by atoms with Gasteiger partial charge in [0.25, 0.3) is 0 Å². The number of benzene rings is 1. The number of nitrogens with one attached hydrogen (secondary N) is 1. The summed E-state index contributed by atoms with van der Waals surface area (Å²) in [5.41, 5.74) is 2.60. The molecule has 4 heteroatoms. The molecular weight excluding hydrogens is 320 g/mol. The molecular formula is C15H19BrN2S. The van der Waals surface area contributed by atoms with E-state index in [0.717, 1.165) is 28.9 Å². The molecule has 1 unspecified atom stereocenters. The quantitative estimate of drug-likeness (QED) is 0.865. The van der Waals surface area contributed by atoms with Crippen LogP contribution in [0.1, 0.15) is 16.3 Å². The second-order valence-corrected chi connectivity index (χ2v) is 6.80. The monoisotopic (exact) mass is 338 g/mol. The third-order valence-electron chi connectivity index (χ3n) is 3.07. The van der Waals surface area contributed by atoms with E-state index < -0.39 is 0 Å². The highest BCUT2D eigenvalue weighted by molar-refractivity contribution is 9.10. The maximum absolute atomic E-state index is 4.57. The van der Waals surface area contributed by atoms with Gasteiger partial charge >= 0.3 is 0 Å². The SMILES string of the molecule is CNCC(Cc1cccc(Br)c1)Cc1csc(C)n1. The molecule has 0 aliphatic rings. The number of rotatable bonds is 6. The molecule has 102 valence electrons. The third-order valence-corrected chi connectivity index (χ3v) is 4.39. The van der Waals surface area contributed by atoms with Gasteiger partial charge in [-0.15, -0.1) is 11.3 Å². The van der Waals surface area contributed by atoms with Crippen molar-refractivity contribution in [2.75, 3.05) is 13.6 Å². The fourth-order valence-corrected chi connectivity index (χ4v) is 3.37. The van der Waals surface area contributed by atoms with Gasteiger partial charge in [-0.1, -0.05) is 28.1 Å². The van der Waals surface area contributed by atoms with E-state index >= 15 is 0 Å². The molecule has 0 aliphatic heterocycles. The Labute approximate surface area is 127 Å². The molecule has 1 aromatic heterocycles. The number of hydrogen-bond donors (Lipinski definition) is 1. The highest BCUT2D eigenvalue weighted by atomic mass is 79.9. The van der Waals surface area contributed by atoms with Gasteiger partial charge in [-0.25, -0.2) is 4.98 Å². The lowest BCUT2D eigenvalue weighted by Crippen LogP contribution is -2.23. The molecule has 2 rings (SSSR count). The minimum Gasteiger partial charge on any atom is -0.319 e. The first-order chi connectivity index (χ1) is 9.17. The van der Waals surface area contributed by atoms with Crippen molar-refractivity contribution >= 4 is 27.3 Å². The predicted molar refractivity (Wildman–Crippen MR) is 85.8 cm³/mol. The van der Waals surface area contributed by atoms with E-state index in [1.165, 1.54) is 11.3 Å². The Balaban J connectivity index is 2.03. The standard InChI is InChI=1S/C15H19BrN2S/c1-11-18-15(10-19-11)8-13(9-17-2)6-12-4-3-5-14(16)7-12/h3-5,7,10,13,17H,6,8-9H2,1-2H3. The first-order valence-corrected chi connectivity index (χ1v) is 8.14. The largest absolute Gasteiger partial charge is 0.319 e. The summed E-state index contributed by atoms with van der Waals surface area (Å²) in [5.74, 6) is 0.584. The van der Waals surface area contributed by atoms with E-state index in [-0.39, 0.29) is 0 Å². The Morgan fingerprint density at radius 2 is 2.21 bits per heavy atom. The molecule has 0 aliphatic carbocycles. The van der Waals surface area contributed by atoms with Crippen LogP contribution in [0.4, 0.5) is 0 Å². The van der Waals surface area contributed by atoms with Crippen molar-refractivity contribution in [3.8, 4) is 0 Å². The number of hydrogen-bond acceptors (Lipinski definition) is 3. The van der Waals surface area contributed by atoms with Crippen molar-refractivity contribution < 1.29 is 0 Å². The van der Waals surface area contributed by atoms with Crippen molar-refractivity contribution in [3.63, 3.8) is 0 Å². The van der Waals surface area contributed by atoms with Crippen molar-refractivity contribution in [3.05, 3.63) is 50.4 Å². The van der Waals surface area contributed by atoms with Crippen molar-refractivity contribution in [2.24, 2.45) is 5.92 Å². The van der Waals surface area contributed by atoms with Crippen LogP contribution in [0.5, 0.6) is 0 Å². The lowest BCUT2D eigenvalue weighted by molar-refractivity contribution is 0.489. The number of thiazole rings is 1. The van der Waals surface area contributed by atoms with Crippen LogP contribution in [0.2, 0.25) is 0 Å². The molecule has 0 radical (unpaired) electrons. The summed E-state index contributed by atoms with van der Waals surface area (Å²) >= 11 is 5.27. The Bertz CT molecular complexity index is 524. The molecule has 1 atom stereocenters. The molecule has 0 amide bonds. The van der Waals surface area contributed by atoms with Gasteiger partial charge in [-0.05, 0) is 57.0 Å². The maximum atomic E-state index is 4.57. The zero-order valence-electron chi connectivity index (χ0n) is 11.3. The number of halogens is 1. The van der Waals surface area contributed by atoms with Crippen LogP contribution in [-0.4, -0.2) is 18.6 Å². The van der Waals surface area contributed by atoms with Crippen LogP contribution in [0.15, 0.2) is 34.1 Å². The van der Waals surface area contributed by atoms with Gasteiger partial charge in [-0.3, -0.25) is 0 Å². The lowest BCUT2D eigenvalue weighted by Gasteiger charge is -2.15. The highest BCUT2D eigenvalue weighted by Gasteiger charge is 2.12. The molecule has 1 N–H and O–H groups in total. The summed E-state index contributed by atoms with van der Waals surface area (Å²) < 4.78 is 1.15. The normalized spacial score (nSPS) is 12.6. The zero-order valence-corrected chi connectivity index (χ0v) is 13.7. The molecule has 1 heterocycles. The molecule has 0 fully saturated rings. The summed E-state index contributed by atoms with van der Waals surface area (Å²) in [7, 11) is 2.01. The van der Waals surface area contributed by atoms with Gasteiger partial charge < -0.3 is 5.32 Å². The van der Waals surface area contributed by atoms with Crippen molar-refractivity contribution in [1.82, 2.24) is 10.3 Å². The van der Waals surface area contributed by atoms with E-state index in [2.05, 4.69) is 62.8 Å². The van der Waals surface area contributed by atoms with E-state index in [0.29, 0.717) is 5.92 Å². The van der Waals surface area contributed by atoms with Crippen LogP contribution in [0, 0.1) is 12.8 Å². The number of nitrogens with zero attached hydrogens (tertiary/aromatic N) is 1. The zero-order chi connectivity index (χ0) is 13.7. The summed E-state index contributed by atoms with van der Waals surface area (Å²) in [4.78, 5) is 4.57. The molecule has 2 aromatic rings. The van der Waals surface area contributed by atoms with Gasteiger partial charge in [0.05, 0.1) is 10.7 Å². The van der Waals surface area contributed by atoms with E-state index in [9.17, 15) is 0 Å². The molecule has 0 saturated heterocycles. The Kier molecular flexibility index (Phi) is 5.55. The van der Waals surface area contributed by atoms with Gasteiger partial charge in [0.2, 0.25) is 0 Å². The van der Waals surface area contributed by atoms with Crippen molar-refractivity contribution in [1.29, 1.82) is 0 Å². The highest BCUT2D eigenvalue weighted by Crippen LogP contribution is 2.19. The smallest absolute Gasteiger partial charge is 0.0897 e. The van der Waals surface area contributed by atoms with Crippen LogP contribution >= 0.6 is 27.3 Å². The van der Waals surface area contributed by atoms with Gasteiger partial charge in [0.1, 0.15) is 0 Å². The van der Waals surface area contributed by atoms with Gasteiger partial charge in [0, 0.05) is 9.85 Å². The third kappa shape index (κ3) is 4.71. The molecule has 0 saturated carbocycles. The summed E-state index contributed by atoms with van der Waals surface area (Å²) in [5, 5.41) is 6.63. The fourth-order valence-electron chi connectivity index (χ4n) is 2.30. The predicted octanol–water partition coefficient (Wildman–Crippen LogP) is 3.83. The second-order valence-electron chi connectivity index (χ2n) is 4.82.